The Labute approximate surface area is 116 Å². The van der Waals surface area contributed by atoms with Crippen LogP contribution in [0.3, 0.4) is 0 Å². The van der Waals surface area contributed by atoms with Crippen LogP contribution in [0.5, 0.6) is 0 Å². The summed E-state index contributed by atoms with van der Waals surface area (Å²) in [7, 11) is 3.52. The minimum absolute atomic E-state index is 0.303. The van der Waals surface area contributed by atoms with Crippen molar-refractivity contribution in [3.8, 4) is 0 Å². The van der Waals surface area contributed by atoms with Crippen LogP contribution >= 0.6 is 0 Å². The van der Waals surface area contributed by atoms with Crippen LogP contribution in [0.1, 0.15) is 0 Å². The molecule has 106 valence electrons. The third-order valence-electron chi connectivity index (χ3n) is 2.18. The van der Waals surface area contributed by atoms with E-state index >= 15 is 0 Å². The van der Waals surface area contributed by atoms with Crippen molar-refractivity contribution in [3.63, 3.8) is 0 Å². The zero-order valence-electron chi connectivity index (χ0n) is 11.3. The molecule has 5 nitrogen and oxygen atoms in total. The summed E-state index contributed by atoms with van der Waals surface area (Å²) in [6, 6.07) is 5.53. The van der Waals surface area contributed by atoms with Gasteiger partial charge in [0.05, 0.1) is 11.3 Å². The number of anilines is 1. The average molecular weight is 277 g/mol. The Kier molecular flexibility index (Phi) is 5.96. The first-order chi connectivity index (χ1) is 9.52. The number of carbonyl (C=O) groups excluding carboxylic acids is 2. The van der Waals surface area contributed by atoms with Crippen LogP contribution in [0, 0.1) is 5.82 Å². The number of carbonyl (C=O) groups is 2. The van der Waals surface area contributed by atoms with E-state index < -0.39 is 5.91 Å². The van der Waals surface area contributed by atoms with E-state index in [0.29, 0.717) is 17.5 Å². The molecule has 0 aliphatic carbocycles. The number of nitrogens with zero attached hydrogens (tertiary/aromatic N) is 1. The molecule has 1 amide bonds. The Morgan fingerprint density at radius 3 is 2.45 bits per heavy atom. The number of hydrazine groups is 1. The van der Waals surface area contributed by atoms with Gasteiger partial charge in [-0.3, -0.25) is 20.4 Å². The van der Waals surface area contributed by atoms with E-state index in [0.717, 1.165) is 0 Å². The van der Waals surface area contributed by atoms with Crippen molar-refractivity contribution in [1.29, 1.82) is 0 Å². The molecule has 20 heavy (non-hydrogen) atoms. The summed E-state index contributed by atoms with van der Waals surface area (Å²) < 4.78 is 12.7. The van der Waals surface area contributed by atoms with Crippen LogP contribution in [0.25, 0.3) is 0 Å². The quantitative estimate of drug-likeness (QED) is 0.358. The largest absolute Gasteiger partial charge is 0.383 e. The Morgan fingerprint density at radius 1 is 1.25 bits per heavy atom. The monoisotopic (exact) mass is 277 g/mol. The number of nitrogens with one attached hydrogen (secondary N) is 2. The number of amides is 1. The molecule has 0 saturated heterocycles. The van der Waals surface area contributed by atoms with Gasteiger partial charge in [-0.1, -0.05) is 0 Å². The first kappa shape index (κ1) is 15.4. The number of halogens is 1. The molecule has 0 atom stereocenters. The summed E-state index contributed by atoms with van der Waals surface area (Å²) in [6.07, 6.45) is 4.79. The lowest BCUT2D eigenvalue weighted by atomic mass is 10.2. The Morgan fingerprint density at radius 2 is 1.90 bits per heavy atom. The molecule has 0 spiro atoms. The first-order valence-electron chi connectivity index (χ1n) is 5.85. The standard InChI is InChI=1S/C14H16FN3O2/c1-18(2)10-11(4-3-9-19)14(20)17-16-13-7-5-12(15)6-8-13/h3-10,16H,1-2H3,(H,17,20)/b4-3-,11-10+. The van der Waals surface area contributed by atoms with Crippen LogP contribution in [-0.2, 0) is 9.59 Å². The molecule has 0 radical (unpaired) electrons. The topological polar surface area (TPSA) is 61.4 Å². The van der Waals surface area contributed by atoms with Crippen LogP contribution in [0.4, 0.5) is 10.1 Å². The summed E-state index contributed by atoms with van der Waals surface area (Å²) in [4.78, 5) is 23.9. The highest BCUT2D eigenvalue weighted by atomic mass is 19.1. The summed E-state index contributed by atoms with van der Waals surface area (Å²) in [5.74, 6) is -0.773. The number of benzene rings is 1. The van der Waals surface area contributed by atoms with Gasteiger partial charge in [0.15, 0.2) is 0 Å². The predicted molar refractivity (Wildman–Crippen MR) is 75.1 cm³/mol. The van der Waals surface area contributed by atoms with E-state index in [1.54, 1.807) is 25.2 Å². The van der Waals surface area contributed by atoms with Gasteiger partial charge in [-0.2, -0.15) is 0 Å². The van der Waals surface area contributed by atoms with Gasteiger partial charge in [-0.05, 0) is 36.4 Å². The van der Waals surface area contributed by atoms with Crippen molar-refractivity contribution in [3.05, 3.63) is 54.0 Å². The van der Waals surface area contributed by atoms with Crippen LogP contribution in [0.2, 0.25) is 0 Å². The van der Waals surface area contributed by atoms with Gasteiger partial charge in [-0.25, -0.2) is 4.39 Å². The fraction of sp³-hybridized carbons (Fsp3) is 0.143. The Bertz CT molecular complexity index is 522. The average Bonchev–Trinajstić information content (AvgIpc) is 2.42. The zero-order valence-corrected chi connectivity index (χ0v) is 11.3. The molecule has 0 saturated carbocycles. The maximum Gasteiger partial charge on any atom is 0.271 e. The van der Waals surface area contributed by atoms with E-state index in [9.17, 15) is 14.0 Å². The molecule has 0 aliphatic heterocycles. The Hall–Kier alpha value is -2.63. The summed E-state index contributed by atoms with van der Waals surface area (Å²) in [5, 5.41) is 0. The summed E-state index contributed by atoms with van der Waals surface area (Å²) in [5.41, 5.74) is 5.96. The molecule has 0 aromatic heterocycles. The maximum atomic E-state index is 12.7. The molecule has 0 unspecified atom stereocenters. The number of hydrogen-bond acceptors (Lipinski definition) is 4. The maximum absolute atomic E-state index is 12.7. The lowest BCUT2D eigenvalue weighted by molar-refractivity contribution is -0.116. The van der Waals surface area contributed by atoms with Gasteiger partial charge < -0.3 is 4.90 Å². The summed E-state index contributed by atoms with van der Waals surface area (Å²) >= 11 is 0. The fourth-order valence-electron chi connectivity index (χ4n) is 1.33. The molecule has 2 N–H and O–H groups in total. The van der Waals surface area contributed by atoms with Crippen LogP contribution in [0.15, 0.2) is 48.2 Å². The number of hydrogen-bond donors (Lipinski definition) is 2. The zero-order chi connectivity index (χ0) is 15.0. The van der Waals surface area contributed by atoms with Gasteiger partial charge in [-0.15, -0.1) is 0 Å². The molecule has 1 rings (SSSR count). The number of allylic oxidation sites excluding steroid dienone is 1. The van der Waals surface area contributed by atoms with Crippen molar-refractivity contribution in [2.75, 3.05) is 19.5 Å². The lowest BCUT2D eigenvalue weighted by Gasteiger charge is -2.11. The minimum Gasteiger partial charge on any atom is -0.383 e. The third kappa shape index (κ3) is 5.34. The lowest BCUT2D eigenvalue weighted by Crippen LogP contribution is -2.30. The minimum atomic E-state index is -0.416. The predicted octanol–water partition coefficient (Wildman–Crippen LogP) is 1.47. The molecule has 0 heterocycles. The highest BCUT2D eigenvalue weighted by Crippen LogP contribution is 2.07. The molecule has 0 aliphatic rings. The highest BCUT2D eigenvalue weighted by Gasteiger charge is 2.06. The first-order valence-corrected chi connectivity index (χ1v) is 5.85. The fourth-order valence-corrected chi connectivity index (χ4v) is 1.33. The normalized spacial score (nSPS) is 11.2. The second-order valence-electron chi connectivity index (χ2n) is 4.13. The molecule has 1 aromatic rings. The van der Waals surface area contributed by atoms with E-state index in [1.165, 1.54) is 36.4 Å². The SMILES string of the molecule is CN(C)/C=C(\C=C/C=O)C(=O)NNc1ccc(F)cc1. The molecular weight excluding hydrogens is 261 g/mol. The van der Waals surface area contributed by atoms with Crippen LogP contribution in [-0.4, -0.2) is 31.2 Å². The smallest absolute Gasteiger partial charge is 0.271 e. The van der Waals surface area contributed by atoms with Crippen molar-refractivity contribution < 1.29 is 14.0 Å². The van der Waals surface area contributed by atoms with E-state index in [-0.39, 0.29) is 5.82 Å². The van der Waals surface area contributed by atoms with E-state index in [1.807, 2.05) is 0 Å². The second-order valence-corrected chi connectivity index (χ2v) is 4.13. The molecule has 6 heteroatoms. The Balaban J connectivity index is 2.69. The number of aldehydes is 1. The van der Waals surface area contributed by atoms with Crippen molar-refractivity contribution in [2.45, 2.75) is 0 Å². The molecule has 1 aromatic carbocycles. The van der Waals surface area contributed by atoms with Gasteiger partial charge in [0.1, 0.15) is 12.1 Å². The van der Waals surface area contributed by atoms with Gasteiger partial charge >= 0.3 is 0 Å². The van der Waals surface area contributed by atoms with Gasteiger partial charge in [0.2, 0.25) is 0 Å². The van der Waals surface area contributed by atoms with Gasteiger partial charge in [0.25, 0.3) is 5.91 Å². The molecule has 0 bridgehead atoms. The highest BCUT2D eigenvalue weighted by molar-refractivity contribution is 5.97. The second kappa shape index (κ2) is 7.73. The van der Waals surface area contributed by atoms with Crippen molar-refractivity contribution in [1.82, 2.24) is 10.3 Å². The van der Waals surface area contributed by atoms with Gasteiger partial charge in [0, 0.05) is 20.3 Å². The van der Waals surface area contributed by atoms with Crippen molar-refractivity contribution in [2.24, 2.45) is 0 Å². The molecular formula is C14H16FN3O2. The molecule has 0 fully saturated rings. The third-order valence-corrected chi connectivity index (χ3v) is 2.18. The van der Waals surface area contributed by atoms with Crippen molar-refractivity contribution >= 4 is 17.9 Å². The van der Waals surface area contributed by atoms with E-state index in [4.69, 9.17) is 0 Å². The number of rotatable bonds is 6. The summed E-state index contributed by atoms with van der Waals surface area (Å²) in [6.45, 7) is 0. The van der Waals surface area contributed by atoms with E-state index in [2.05, 4.69) is 10.9 Å². The van der Waals surface area contributed by atoms with Crippen LogP contribution < -0.4 is 10.9 Å².